The fraction of sp³-hybridized carbons (Fsp3) is 0.481. The number of nitrogens with zero attached hydrogens (tertiary/aromatic N) is 1. The number of ketones is 1. The van der Waals surface area contributed by atoms with Crippen molar-refractivity contribution in [1.82, 2.24) is 4.90 Å². The van der Waals surface area contributed by atoms with Crippen LogP contribution >= 0.6 is 11.6 Å². The molecule has 11 heteroatoms. The van der Waals surface area contributed by atoms with Crippen LogP contribution in [0.15, 0.2) is 48.5 Å². The topological polar surface area (TPSA) is 137 Å². The first-order valence-corrected chi connectivity index (χ1v) is 12.8. The second-order valence-corrected chi connectivity index (χ2v) is 10.2. The van der Waals surface area contributed by atoms with Crippen LogP contribution in [0.3, 0.4) is 0 Å². The number of aliphatic hydroxyl groups excluding tert-OH is 3. The number of Topliss-reactive ketones (excluding diaryl/α,β-unsaturated/α-hetero) is 1. The van der Waals surface area contributed by atoms with Crippen molar-refractivity contribution in [2.45, 2.75) is 62.0 Å². The number of likely N-dealkylation sites (tertiary alicyclic amines) is 1. The first-order valence-electron chi connectivity index (χ1n) is 12.5. The average Bonchev–Trinajstić information content (AvgIpc) is 2.90. The Labute approximate surface area is 224 Å². The molecule has 0 saturated carbocycles. The van der Waals surface area contributed by atoms with Crippen LogP contribution in [-0.4, -0.2) is 87.4 Å². The Balaban J connectivity index is 1.42. The fourth-order valence-electron chi connectivity index (χ4n) is 4.98. The summed E-state index contributed by atoms with van der Waals surface area (Å²) in [5.74, 6) is -1.93. The predicted molar refractivity (Wildman–Crippen MR) is 134 cm³/mol. The molecular formula is C27H31ClFNO8. The van der Waals surface area contributed by atoms with Gasteiger partial charge in [-0.15, -0.1) is 0 Å². The van der Waals surface area contributed by atoms with Crippen LogP contribution < -0.4 is 0 Å². The highest BCUT2D eigenvalue weighted by molar-refractivity contribution is 6.30. The number of hydrogen-bond donors (Lipinski definition) is 4. The summed E-state index contributed by atoms with van der Waals surface area (Å²) >= 11 is 6.07. The Kier molecular flexibility index (Phi) is 9.15. The number of carboxylic acids is 1. The van der Waals surface area contributed by atoms with Crippen LogP contribution in [0.5, 0.6) is 0 Å². The van der Waals surface area contributed by atoms with Gasteiger partial charge in [-0.25, -0.2) is 9.18 Å². The van der Waals surface area contributed by atoms with Crippen molar-refractivity contribution in [3.8, 4) is 0 Å². The van der Waals surface area contributed by atoms with Gasteiger partial charge in [0.2, 0.25) is 0 Å². The molecule has 2 aliphatic rings. The van der Waals surface area contributed by atoms with E-state index in [1.165, 1.54) is 24.3 Å². The van der Waals surface area contributed by atoms with Gasteiger partial charge in [0.25, 0.3) is 0 Å². The lowest BCUT2D eigenvalue weighted by atomic mass is 9.83. The third-order valence-electron chi connectivity index (χ3n) is 7.23. The summed E-state index contributed by atoms with van der Waals surface area (Å²) < 4.78 is 24.8. The molecule has 4 rings (SSSR count). The molecule has 5 atom stereocenters. The van der Waals surface area contributed by atoms with Crippen molar-refractivity contribution in [2.75, 3.05) is 19.6 Å². The molecule has 2 saturated heterocycles. The number of benzene rings is 2. The van der Waals surface area contributed by atoms with Gasteiger partial charge >= 0.3 is 5.97 Å². The standard InChI is InChI=1S/C27H31ClFNO8/c28-18-7-5-17(6-8-18)27(38-26-23(34)21(32)22(33)24(37-26)25(35)36)11-14-30(15-12-27)13-1-2-20(31)16-3-9-19(29)10-4-16/h3-10,21-24,26,32-34H,1-2,11-15H2,(H,35,36). The van der Waals surface area contributed by atoms with Gasteiger partial charge in [0, 0.05) is 30.1 Å². The van der Waals surface area contributed by atoms with Crippen molar-refractivity contribution in [3.05, 3.63) is 70.5 Å². The van der Waals surface area contributed by atoms with E-state index in [4.69, 9.17) is 21.1 Å². The second-order valence-electron chi connectivity index (χ2n) is 9.73. The fourth-order valence-corrected chi connectivity index (χ4v) is 5.11. The maximum absolute atomic E-state index is 13.1. The SMILES string of the molecule is O=C(CCCN1CCC(OC2OC(C(=O)O)C(O)C(O)C2O)(c2ccc(Cl)cc2)CC1)c1ccc(F)cc1. The second kappa shape index (κ2) is 12.2. The van der Waals surface area contributed by atoms with E-state index in [0.717, 1.165) is 5.56 Å². The zero-order valence-electron chi connectivity index (χ0n) is 20.6. The van der Waals surface area contributed by atoms with Crippen molar-refractivity contribution in [1.29, 1.82) is 0 Å². The van der Waals surface area contributed by atoms with Crippen LogP contribution in [-0.2, 0) is 19.9 Å². The molecule has 206 valence electrons. The Bertz CT molecular complexity index is 1110. The van der Waals surface area contributed by atoms with Crippen LogP contribution in [0.25, 0.3) is 0 Å². The molecule has 0 bridgehead atoms. The molecule has 2 fully saturated rings. The minimum absolute atomic E-state index is 0.0574. The number of aliphatic carboxylic acids is 1. The molecule has 5 unspecified atom stereocenters. The van der Waals surface area contributed by atoms with Gasteiger partial charge in [0.1, 0.15) is 24.1 Å². The highest BCUT2D eigenvalue weighted by Crippen LogP contribution is 2.40. The Morgan fingerprint density at radius 2 is 1.63 bits per heavy atom. The van der Waals surface area contributed by atoms with E-state index in [0.29, 0.717) is 55.9 Å². The normalized spacial score (nSPS) is 27.7. The molecule has 0 aromatic heterocycles. The van der Waals surface area contributed by atoms with Crippen LogP contribution in [0, 0.1) is 5.82 Å². The maximum atomic E-state index is 13.1. The third kappa shape index (κ3) is 6.40. The minimum Gasteiger partial charge on any atom is -0.479 e. The lowest BCUT2D eigenvalue weighted by Crippen LogP contribution is -2.62. The number of ether oxygens (including phenoxy) is 2. The summed E-state index contributed by atoms with van der Waals surface area (Å²) in [6.07, 6.45) is -6.68. The molecule has 4 N–H and O–H groups in total. The lowest BCUT2D eigenvalue weighted by Gasteiger charge is -2.47. The number of halogens is 2. The van der Waals surface area contributed by atoms with Crippen LogP contribution in [0.1, 0.15) is 41.6 Å². The summed E-state index contributed by atoms with van der Waals surface area (Å²) in [6, 6.07) is 12.5. The van der Waals surface area contributed by atoms with E-state index in [9.17, 15) is 34.4 Å². The zero-order valence-corrected chi connectivity index (χ0v) is 21.3. The molecule has 2 heterocycles. The number of aliphatic hydroxyl groups is 3. The molecule has 2 aromatic rings. The first kappa shape index (κ1) is 28.6. The van der Waals surface area contributed by atoms with Gasteiger partial charge in [0.05, 0.1) is 5.60 Å². The summed E-state index contributed by atoms with van der Waals surface area (Å²) in [4.78, 5) is 26.1. The van der Waals surface area contributed by atoms with Gasteiger partial charge in [-0.1, -0.05) is 23.7 Å². The number of piperidine rings is 1. The first-order chi connectivity index (χ1) is 18.1. The highest BCUT2D eigenvalue weighted by Gasteiger charge is 2.50. The molecule has 0 amide bonds. The van der Waals surface area contributed by atoms with E-state index in [1.54, 1.807) is 24.3 Å². The Hall–Kier alpha value is -2.44. The zero-order chi connectivity index (χ0) is 27.4. The molecule has 0 aliphatic carbocycles. The summed E-state index contributed by atoms with van der Waals surface area (Å²) in [7, 11) is 0. The quantitative estimate of drug-likeness (QED) is 0.346. The average molecular weight is 552 g/mol. The summed E-state index contributed by atoms with van der Waals surface area (Å²) in [5.41, 5.74) is 0.233. The number of rotatable bonds is 9. The Morgan fingerprint density at radius 3 is 2.24 bits per heavy atom. The van der Waals surface area contributed by atoms with Gasteiger partial charge in [-0.3, -0.25) is 4.79 Å². The van der Waals surface area contributed by atoms with E-state index in [-0.39, 0.29) is 5.78 Å². The van der Waals surface area contributed by atoms with Crippen molar-refractivity contribution >= 4 is 23.4 Å². The van der Waals surface area contributed by atoms with Gasteiger partial charge in [0.15, 0.2) is 18.2 Å². The van der Waals surface area contributed by atoms with E-state index in [2.05, 4.69) is 4.90 Å². The molecular weight excluding hydrogens is 521 g/mol. The van der Waals surface area contributed by atoms with Crippen LogP contribution in [0.2, 0.25) is 5.02 Å². The van der Waals surface area contributed by atoms with Crippen molar-refractivity contribution in [3.63, 3.8) is 0 Å². The molecule has 2 aromatic carbocycles. The van der Waals surface area contributed by atoms with Crippen molar-refractivity contribution in [2.24, 2.45) is 0 Å². The van der Waals surface area contributed by atoms with Gasteiger partial charge in [-0.2, -0.15) is 0 Å². The third-order valence-corrected chi connectivity index (χ3v) is 7.49. The minimum atomic E-state index is -1.81. The summed E-state index contributed by atoms with van der Waals surface area (Å²) in [5, 5.41) is 40.7. The highest BCUT2D eigenvalue weighted by atomic mass is 35.5. The number of carbonyl (C=O) groups excluding carboxylic acids is 1. The van der Waals surface area contributed by atoms with Crippen LogP contribution in [0.4, 0.5) is 4.39 Å². The maximum Gasteiger partial charge on any atom is 0.335 e. The van der Waals surface area contributed by atoms with E-state index >= 15 is 0 Å². The molecule has 0 spiro atoms. The summed E-state index contributed by atoms with van der Waals surface area (Å²) in [6.45, 7) is 1.80. The number of carbonyl (C=O) groups is 2. The Morgan fingerprint density at radius 1 is 1.00 bits per heavy atom. The smallest absolute Gasteiger partial charge is 0.335 e. The van der Waals surface area contributed by atoms with Gasteiger partial charge < -0.3 is 34.8 Å². The monoisotopic (exact) mass is 551 g/mol. The lowest BCUT2D eigenvalue weighted by molar-refractivity contribution is -0.327. The molecule has 9 nitrogen and oxygen atoms in total. The molecule has 38 heavy (non-hydrogen) atoms. The predicted octanol–water partition coefficient (Wildman–Crippen LogP) is 2.34. The molecule has 2 aliphatic heterocycles. The van der Waals surface area contributed by atoms with Crippen molar-refractivity contribution < 1.29 is 43.9 Å². The van der Waals surface area contributed by atoms with E-state index in [1.807, 2.05) is 0 Å². The largest absolute Gasteiger partial charge is 0.479 e. The van der Waals surface area contributed by atoms with Gasteiger partial charge in [-0.05, 0) is 67.8 Å². The van der Waals surface area contributed by atoms with E-state index < -0.39 is 48.1 Å². The number of hydrogen-bond acceptors (Lipinski definition) is 8. The molecule has 0 radical (unpaired) electrons. The number of carboxylic acid groups (broad SMARTS) is 1.